The molecule has 0 amide bonds. The van der Waals surface area contributed by atoms with Crippen molar-refractivity contribution in [3.63, 3.8) is 0 Å². The zero-order chi connectivity index (χ0) is 21.6. The highest BCUT2D eigenvalue weighted by atomic mass is 19.4. The van der Waals surface area contributed by atoms with Crippen LogP contribution >= 0.6 is 0 Å². The summed E-state index contributed by atoms with van der Waals surface area (Å²) in [6, 6.07) is 17.8. The first-order chi connectivity index (χ1) is 14.3. The maximum absolute atomic E-state index is 13.3. The number of ether oxygens (including phenoxy) is 2. The Morgan fingerprint density at radius 3 is 2.30 bits per heavy atom. The van der Waals surface area contributed by atoms with Crippen molar-refractivity contribution < 1.29 is 27.4 Å². The number of carbonyl (C=O) groups excluding carboxylic acids is 1. The van der Waals surface area contributed by atoms with E-state index in [0.717, 1.165) is 35.1 Å². The fraction of sp³-hybridized carbons (Fsp3) is 0.208. The third-order valence-electron chi connectivity index (χ3n) is 4.54. The summed E-state index contributed by atoms with van der Waals surface area (Å²) in [5.74, 6) is 0.520. The Labute approximate surface area is 173 Å². The van der Waals surface area contributed by atoms with Gasteiger partial charge in [0.15, 0.2) is 0 Å². The van der Waals surface area contributed by atoms with E-state index in [1.165, 1.54) is 6.07 Å². The predicted octanol–water partition coefficient (Wildman–Crippen LogP) is 6.52. The van der Waals surface area contributed by atoms with Gasteiger partial charge in [-0.25, -0.2) is 0 Å². The molecule has 0 atom stereocenters. The average Bonchev–Trinajstić information content (AvgIpc) is 2.72. The molecule has 0 unspecified atom stereocenters. The second kappa shape index (κ2) is 9.48. The first kappa shape index (κ1) is 21.4. The Balaban J connectivity index is 1.82. The van der Waals surface area contributed by atoms with E-state index < -0.39 is 11.7 Å². The van der Waals surface area contributed by atoms with Gasteiger partial charge in [0.1, 0.15) is 30.1 Å². The van der Waals surface area contributed by atoms with Crippen molar-refractivity contribution in [1.29, 1.82) is 0 Å². The minimum Gasteiger partial charge on any atom is -0.489 e. The first-order valence-corrected chi connectivity index (χ1v) is 9.45. The van der Waals surface area contributed by atoms with Crippen molar-refractivity contribution in [2.45, 2.75) is 32.5 Å². The third kappa shape index (κ3) is 5.86. The molecule has 0 radical (unpaired) electrons. The van der Waals surface area contributed by atoms with E-state index in [9.17, 15) is 18.0 Å². The number of rotatable bonds is 8. The number of alkyl halides is 3. The molecule has 156 valence electrons. The minimum atomic E-state index is -4.53. The van der Waals surface area contributed by atoms with Gasteiger partial charge in [0, 0.05) is 12.5 Å². The van der Waals surface area contributed by atoms with Crippen LogP contribution < -0.4 is 9.47 Å². The highest BCUT2D eigenvalue weighted by Gasteiger charge is 2.32. The van der Waals surface area contributed by atoms with Gasteiger partial charge in [-0.1, -0.05) is 36.4 Å². The molecule has 30 heavy (non-hydrogen) atoms. The molecule has 0 saturated heterocycles. The SMILES string of the molecule is Cc1cc(Oc2cc(OCc3ccccc3)cc(C(F)(F)F)c2)ccc1CCC=O. The molecule has 3 aromatic carbocycles. The van der Waals surface area contributed by atoms with Gasteiger partial charge in [-0.15, -0.1) is 0 Å². The van der Waals surface area contributed by atoms with E-state index >= 15 is 0 Å². The fourth-order valence-corrected chi connectivity index (χ4v) is 2.98. The molecule has 0 N–H and O–H groups in total. The van der Waals surface area contributed by atoms with Gasteiger partial charge >= 0.3 is 6.18 Å². The Kier molecular flexibility index (Phi) is 6.77. The van der Waals surface area contributed by atoms with Crippen molar-refractivity contribution in [3.8, 4) is 17.2 Å². The Morgan fingerprint density at radius 2 is 1.63 bits per heavy atom. The highest BCUT2D eigenvalue weighted by Crippen LogP contribution is 2.36. The van der Waals surface area contributed by atoms with E-state index in [2.05, 4.69) is 0 Å². The van der Waals surface area contributed by atoms with Gasteiger partial charge in [-0.3, -0.25) is 0 Å². The molecular formula is C24H21F3O3. The summed E-state index contributed by atoms with van der Waals surface area (Å²) < 4.78 is 51.3. The molecule has 6 heteroatoms. The number of aldehydes is 1. The zero-order valence-electron chi connectivity index (χ0n) is 16.4. The number of aryl methyl sites for hydroxylation is 2. The van der Waals surface area contributed by atoms with Gasteiger partial charge < -0.3 is 14.3 Å². The van der Waals surface area contributed by atoms with Crippen molar-refractivity contribution >= 4 is 6.29 Å². The molecule has 0 aliphatic rings. The highest BCUT2D eigenvalue weighted by molar-refractivity contribution is 5.51. The Morgan fingerprint density at radius 1 is 0.900 bits per heavy atom. The smallest absolute Gasteiger partial charge is 0.416 e. The van der Waals surface area contributed by atoms with E-state index in [4.69, 9.17) is 9.47 Å². The number of hydrogen-bond acceptors (Lipinski definition) is 3. The van der Waals surface area contributed by atoms with Gasteiger partial charge in [-0.05, 0) is 54.3 Å². The predicted molar refractivity (Wildman–Crippen MR) is 108 cm³/mol. The molecule has 0 aromatic heterocycles. The van der Waals surface area contributed by atoms with Crippen molar-refractivity contribution in [1.82, 2.24) is 0 Å². The van der Waals surface area contributed by atoms with Crippen LogP contribution in [0.3, 0.4) is 0 Å². The second-order valence-electron chi connectivity index (χ2n) is 6.86. The van der Waals surface area contributed by atoms with Crippen LogP contribution in [0.2, 0.25) is 0 Å². The third-order valence-corrected chi connectivity index (χ3v) is 4.54. The first-order valence-electron chi connectivity index (χ1n) is 9.45. The van der Waals surface area contributed by atoms with Crippen LogP contribution in [0.4, 0.5) is 13.2 Å². The normalized spacial score (nSPS) is 11.2. The molecule has 0 spiro atoms. The van der Waals surface area contributed by atoms with Crippen LogP contribution in [-0.4, -0.2) is 6.29 Å². The molecule has 0 bridgehead atoms. The summed E-state index contributed by atoms with van der Waals surface area (Å²) in [5.41, 5.74) is 1.90. The van der Waals surface area contributed by atoms with Crippen molar-refractivity contribution in [2.75, 3.05) is 0 Å². The number of carbonyl (C=O) groups is 1. The lowest BCUT2D eigenvalue weighted by atomic mass is 10.0. The number of benzene rings is 3. The largest absolute Gasteiger partial charge is 0.489 e. The van der Waals surface area contributed by atoms with Crippen LogP contribution in [0.25, 0.3) is 0 Å². The lowest BCUT2D eigenvalue weighted by Crippen LogP contribution is -2.06. The van der Waals surface area contributed by atoms with Crippen LogP contribution in [0.1, 0.15) is 28.7 Å². The summed E-state index contributed by atoms with van der Waals surface area (Å²) in [6.45, 7) is 2.01. The van der Waals surface area contributed by atoms with Crippen molar-refractivity contribution in [3.05, 3.63) is 89.0 Å². The molecule has 3 nitrogen and oxygen atoms in total. The molecule has 3 rings (SSSR count). The fourth-order valence-electron chi connectivity index (χ4n) is 2.98. The molecule has 0 heterocycles. The van der Waals surface area contributed by atoms with Crippen molar-refractivity contribution in [2.24, 2.45) is 0 Å². The second-order valence-corrected chi connectivity index (χ2v) is 6.86. The Hall–Kier alpha value is -3.28. The van der Waals surface area contributed by atoms with E-state index in [0.29, 0.717) is 18.6 Å². The van der Waals surface area contributed by atoms with Gasteiger partial charge in [0.25, 0.3) is 0 Å². The number of halogens is 3. The average molecular weight is 414 g/mol. The molecule has 3 aromatic rings. The van der Waals surface area contributed by atoms with Gasteiger partial charge in [0.2, 0.25) is 0 Å². The summed E-state index contributed by atoms with van der Waals surface area (Å²) in [6.07, 6.45) is -2.66. The van der Waals surface area contributed by atoms with Gasteiger partial charge in [-0.2, -0.15) is 13.2 Å². The summed E-state index contributed by atoms with van der Waals surface area (Å²) in [5, 5.41) is 0. The summed E-state index contributed by atoms with van der Waals surface area (Å²) in [7, 11) is 0. The van der Waals surface area contributed by atoms with Gasteiger partial charge in [0.05, 0.1) is 5.56 Å². The topological polar surface area (TPSA) is 35.5 Å². The molecular weight excluding hydrogens is 393 g/mol. The standard InChI is InChI=1S/C24H21F3O3/c1-17-12-21(10-9-19(17)8-5-11-28)30-23-14-20(24(25,26)27)13-22(15-23)29-16-18-6-3-2-4-7-18/h2-4,6-7,9-15H,5,8,16H2,1H3. The molecule has 0 aliphatic carbocycles. The Bertz CT molecular complexity index is 998. The summed E-state index contributed by atoms with van der Waals surface area (Å²) >= 11 is 0. The van der Waals surface area contributed by atoms with Crippen LogP contribution in [-0.2, 0) is 24.0 Å². The summed E-state index contributed by atoms with van der Waals surface area (Å²) in [4.78, 5) is 10.6. The number of hydrogen-bond donors (Lipinski definition) is 0. The van der Waals surface area contributed by atoms with E-state index in [1.54, 1.807) is 12.1 Å². The van der Waals surface area contributed by atoms with Crippen LogP contribution in [0.15, 0.2) is 66.7 Å². The van der Waals surface area contributed by atoms with Crippen LogP contribution in [0, 0.1) is 6.92 Å². The lowest BCUT2D eigenvalue weighted by Gasteiger charge is -2.15. The van der Waals surface area contributed by atoms with E-state index in [1.807, 2.05) is 43.3 Å². The monoisotopic (exact) mass is 414 g/mol. The molecule has 0 fully saturated rings. The maximum Gasteiger partial charge on any atom is 0.416 e. The zero-order valence-corrected chi connectivity index (χ0v) is 16.4. The molecule has 0 aliphatic heterocycles. The lowest BCUT2D eigenvalue weighted by molar-refractivity contribution is -0.137. The quantitative estimate of drug-likeness (QED) is 0.394. The minimum absolute atomic E-state index is 0.0351. The molecule has 0 saturated carbocycles. The van der Waals surface area contributed by atoms with E-state index in [-0.39, 0.29) is 18.1 Å². The van der Waals surface area contributed by atoms with Crippen LogP contribution in [0.5, 0.6) is 17.2 Å². The maximum atomic E-state index is 13.3.